The molecule has 0 aliphatic carbocycles. The highest BCUT2D eigenvalue weighted by atomic mass is 16.3. The first kappa shape index (κ1) is 13.4. The molecule has 94 valence electrons. The Bertz CT molecular complexity index is 391. The van der Waals surface area contributed by atoms with E-state index in [1.54, 1.807) is 0 Å². The number of aromatic hydroxyl groups is 1. The molecule has 1 aromatic carbocycles. The number of hydrogen-bond acceptors (Lipinski definition) is 3. The van der Waals surface area contributed by atoms with Crippen LogP contribution in [0.4, 0.5) is 5.69 Å². The smallest absolute Gasteiger partial charge is 0.253 e. The topological polar surface area (TPSA) is 75.3 Å². The zero-order chi connectivity index (χ0) is 12.8. The van der Waals surface area contributed by atoms with Crippen molar-refractivity contribution in [1.82, 2.24) is 5.32 Å². The van der Waals surface area contributed by atoms with Crippen molar-refractivity contribution in [2.45, 2.75) is 39.2 Å². The van der Waals surface area contributed by atoms with Gasteiger partial charge in [-0.05, 0) is 31.0 Å². The average Bonchev–Trinajstić information content (AvgIpc) is 2.31. The van der Waals surface area contributed by atoms with Gasteiger partial charge in [0.15, 0.2) is 0 Å². The van der Waals surface area contributed by atoms with Crippen molar-refractivity contribution in [1.29, 1.82) is 0 Å². The summed E-state index contributed by atoms with van der Waals surface area (Å²) in [7, 11) is 0. The van der Waals surface area contributed by atoms with Crippen LogP contribution in [0.5, 0.6) is 5.75 Å². The number of amides is 1. The molecule has 0 radical (unpaired) electrons. The van der Waals surface area contributed by atoms with Crippen molar-refractivity contribution in [2.24, 2.45) is 0 Å². The van der Waals surface area contributed by atoms with Crippen molar-refractivity contribution < 1.29 is 9.90 Å². The molecule has 0 bridgehead atoms. The predicted octanol–water partition coefficient (Wildman–Crippen LogP) is 2.28. The maximum Gasteiger partial charge on any atom is 0.253 e. The van der Waals surface area contributed by atoms with Crippen LogP contribution >= 0.6 is 0 Å². The van der Waals surface area contributed by atoms with E-state index in [1.165, 1.54) is 18.2 Å². The van der Waals surface area contributed by atoms with Crippen LogP contribution in [-0.2, 0) is 0 Å². The Morgan fingerprint density at radius 2 is 2.18 bits per heavy atom. The fourth-order valence-electron chi connectivity index (χ4n) is 1.73. The van der Waals surface area contributed by atoms with Gasteiger partial charge < -0.3 is 16.2 Å². The largest absolute Gasteiger partial charge is 0.508 e. The summed E-state index contributed by atoms with van der Waals surface area (Å²) in [5.74, 6) is -0.174. The molecular weight excluding hydrogens is 216 g/mol. The molecule has 1 atom stereocenters. The lowest BCUT2D eigenvalue weighted by Gasteiger charge is -2.16. The van der Waals surface area contributed by atoms with Gasteiger partial charge in [0, 0.05) is 11.7 Å². The number of phenolic OH excluding ortho intramolecular Hbond substituents is 1. The Hall–Kier alpha value is -1.71. The Balaban J connectivity index is 2.78. The minimum atomic E-state index is -0.223. The molecule has 1 aromatic rings. The summed E-state index contributed by atoms with van der Waals surface area (Å²) in [6.45, 7) is 4.12. The second kappa shape index (κ2) is 6.13. The van der Waals surface area contributed by atoms with Crippen molar-refractivity contribution in [3.05, 3.63) is 23.8 Å². The van der Waals surface area contributed by atoms with Crippen LogP contribution in [-0.4, -0.2) is 17.1 Å². The second-order valence-electron chi connectivity index (χ2n) is 4.14. The summed E-state index contributed by atoms with van der Waals surface area (Å²) < 4.78 is 0. The molecule has 1 amide bonds. The number of nitrogens with one attached hydrogen (secondary N) is 1. The van der Waals surface area contributed by atoms with E-state index in [0.29, 0.717) is 11.3 Å². The maximum atomic E-state index is 12.0. The SMILES string of the molecule is CCCC(CC)NC(=O)c1cc(O)ccc1N. The fourth-order valence-corrected chi connectivity index (χ4v) is 1.73. The van der Waals surface area contributed by atoms with Gasteiger partial charge in [-0.3, -0.25) is 4.79 Å². The summed E-state index contributed by atoms with van der Waals surface area (Å²) in [5.41, 5.74) is 6.42. The highest BCUT2D eigenvalue weighted by Gasteiger charge is 2.14. The highest BCUT2D eigenvalue weighted by Crippen LogP contribution is 2.18. The summed E-state index contributed by atoms with van der Waals surface area (Å²) in [5, 5.41) is 12.3. The molecule has 0 fully saturated rings. The summed E-state index contributed by atoms with van der Waals surface area (Å²) in [6, 6.07) is 4.55. The first-order valence-electron chi connectivity index (χ1n) is 5.97. The lowest BCUT2D eigenvalue weighted by atomic mass is 10.1. The van der Waals surface area contributed by atoms with Gasteiger partial charge >= 0.3 is 0 Å². The lowest BCUT2D eigenvalue weighted by Crippen LogP contribution is -2.34. The zero-order valence-electron chi connectivity index (χ0n) is 10.4. The van der Waals surface area contributed by atoms with Gasteiger partial charge in [-0.1, -0.05) is 20.3 Å². The molecule has 1 unspecified atom stereocenters. The van der Waals surface area contributed by atoms with Gasteiger partial charge in [-0.15, -0.1) is 0 Å². The van der Waals surface area contributed by atoms with Crippen molar-refractivity contribution in [3.8, 4) is 5.75 Å². The maximum absolute atomic E-state index is 12.0. The van der Waals surface area contributed by atoms with Gasteiger partial charge in [0.2, 0.25) is 0 Å². The summed E-state index contributed by atoms with van der Waals surface area (Å²) in [4.78, 5) is 12.0. The third kappa shape index (κ3) is 3.66. The van der Waals surface area contributed by atoms with E-state index in [0.717, 1.165) is 19.3 Å². The van der Waals surface area contributed by atoms with Crippen molar-refractivity contribution in [2.75, 3.05) is 5.73 Å². The number of carbonyl (C=O) groups excluding carboxylic acids is 1. The van der Waals surface area contributed by atoms with Gasteiger partial charge in [-0.2, -0.15) is 0 Å². The Morgan fingerprint density at radius 3 is 2.76 bits per heavy atom. The second-order valence-corrected chi connectivity index (χ2v) is 4.14. The Labute approximate surface area is 102 Å². The van der Waals surface area contributed by atoms with Crippen LogP contribution in [0.25, 0.3) is 0 Å². The normalized spacial score (nSPS) is 12.1. The molecule has 0 aliphatic heterocycles. The van der Waals surface area contributed by atoms with Crippen LogP contribution in [0.2, 0.25) is 0 Å². The number of phenols is 1. The van der Waals surface area contributed by atoms with Gasteiger partial charge in [0.25, 0.3) is 5.91 Å². The van der Waals surface area contributed by atoms with E-state index in [-0.39, 0.29) is 17.7 Å². The molecule has 1 rings (SSSR count). The van der Waals surface area contributed by atoms with Gasteiger partial charge in [-0.25, -0.2) is 0 Å². The number of benzene rings is 1. The summed E-state index contributed by atoms with van der Waals surface area (Å²) >= 11 is 0. The third-order valence-electron chi connectivity index (χ3n) is 2.75. The number of rotatable bonds is 5. The standard InChI is InChI=1S/C13H20N2O2/c1-3-5-9(4-2)15-13(17)11-8-10(16)6-7-12(11)14/h6-9,16H,3-5,14H2,1-2H3,(H,15,17). The Kier molecular flexibility index (Phi) is 4.82. The van der Waals surface area contributed by atoms with E-state index in [2.05, 4.69) is 12.2 Å². The molecule has 4 nitrogen and oxygen atoms in total. The van der Waals surface area contributed by atoms with Gasteiger partial charge in [0.1, 0.15) is 5.75 Å². The molecule has 0 heterocycles. The van der Waals surface area contributed by atoms with Crippen molar-refractivity contribution >= 4 is 11.6 Å². The van der Waals surface area contributed by atoms with E-state index < -0.39 is 0 Å². The van der Waals surface area contributed by atoms with Gasteiger partial charge in [0.05, 0.1) is 5.56 Å². The number of anilines is 1. The van der Waals surface area contributed by atoms with Crippen LogP contribution < -0.4 is 11.1 Å². The number of nitrogens with two attached hydrogens (primary N) is 1. The zero-order valence-corrected chi connectivity index (χ0v) is 10.4. The lowest BCUT2D eigenvalue weighted by molar-refractivity contribution is 0.0934. The van der Waals surface area contributed by atoms with E-state index >= 15 is 0 Å². The Morgan fingerprint density at radius 1 is 1.47 bits per heavy atom. The van der Waals surface area contributed by atoms with Crippen molar-refractivity contribution in [3.63, 3.8) is 0 Å². The first-order chi connectivity index (χ1) is 8.08. The minimum absolute atomic E-state index is 0.0490. The molecule has 4 N–H and O–H groups in total. The molecule has 0 aromatic heterocycles. The highest BCUT2D eigenvalue weighted by molar-refractivity contribution is 5.99. The van der Waals surface area contributed by atoms with E-state index in [1.807, 2.05) is 6.92 Å². The van der Waals surface area contributed by atoms with Crippen LogP contribution in [0.3, 0.4) is 0 Å². The monoisotopic (exact) mass is 236 g/mol. The summed E-state index contributed by atoms with van der Waals surface area (Å²) in [6.07, 6.45) is 2.85. The molecule has 4 heteroatoms. The predicted molar refractivity (Wildman–Crippen MR) is 69.0 cm³/mol. The average molecular weight is 236 g/mol. The molecule has 0 spiro atoms. The molecule has 0 aliphatic rings. The van der Waals surface area contributed by atoms with Crippen LogP contribution in [0.15, 0.2) is 18.2 Å². The molecule has 17 heavy (non-hydrogen) atoms. The number of carbonyl (C=O) groups is 1. The van der Waals surface area contributed by atoms with Crippen LogP contribution in [0.1, 0.15) is 43.5 Å². The molecule has 0 saturated carbocycles. The molecular formula is C13H20N2O2. The number of hydrogen-bond donors (Lipinski definition) is 3. The van der Waals surface area contributed by atoms with E-state index in [9.17, 15) is 9.90 Å². The fraction of sp³-hybridized carbons (Fsp3) is 0.462. The first-order valence-corrected chi connectivity index (χ1v) is 5.97. The number of nitrogen functional groups attached to an aromatic ring is 1. The van der Waals surface area contributed by atoms with Crippen LogP contribution in [0, 0.1) is 0 Å². The van der Waals surface area contributed by atoms with E-state index in [4.69, 9.17) is 5.73 Å². The third-order valence-corrected chi connectivity index (χ3v) is 2.75. The molecule has 0 saturated heterocycles. The minimum Gasteiger partial charge on any atom is -0.508 e. The quantitative estimate of drug-likeness (QED) is 0.542.